The summed E-state index contributed by atoms with van der Waals surface area (Å²) in [6, 6.07) is 52.6. The second kappa shape index (κ2) is 11.1. The van der Waals surface area contributed by atoms with E-state index in [1.165, 1.54) is 103 Å². The van der Waals surface area contributed by atoms with Crippen LogP contribution in [0.4, 0.5) is 0 Å². The van der Waals surface area contributed by atoms with Crippen LogP contribution in [0.1, 0.15) is 13.8 Å². The third kappa shape index (κ3) is 3.79. The number of nitrogens with zero attached hydrogens (tertiary/aromatic N) is 2. The summed E-state index contributed by atoms with van der Waals surface area (Å²) in [5, 5.41) is 17.9. The van der Waals surface area contributed by atoms with E-state index in [-0.39, 0.29) is 0 Å². The van der Waals surface area contributed by atoms with Crippen LogP contribution in [0.15, 0.2) is 162 Å². The van der Waals surface area contributed by atoms with Crippen LogP contribution in [0, 0.1) is 0 Å². The molecule has 4 heteroatoms. The molecule has 0 spiro atoms. The number of fused-ring (bicyclic) bond motifs is 12. The molecule has 0 fully saturated rings. The Balaban J connectivity index is 0.000000121. The van der Waals surface area contributed by atoms with Gasteiger partial charge in [-0.15, -0.1) is 11.3 Å². The minimum Gasteiger partial charge on any atom is -0.447 e. The van der Waals surface area contributed by atoms with Gasteiger partial charge in [0.15, 0.2) is 0 Å². The zero-order valence-corrected chi connectivity index (χ0v) is 29.5. The maximum Gasteiger partial charge on any atom is 0.212 e. The molecule has 52 heavy (non-hydrogen) atoms. The van der Waals surface area contributed by atoms with Crippen molar-refractivity contribution in [3.8, 4) is 11.1 Å². The van der Waals surface area contributed by atoms with Crippen LogP contribution in [0.25, 0.3) is 108 Å². The SMILES string of the molecule is CC.c1cc2ccc3c4ccccc4n4c5occc5c(c1)c2c34.c1ccc(-c2cc3cccc4c5ccsc5n5c6ccccc6c2c5c34)cc1. The molecule has 0 N–H and O–H groups in total. The molecule has 0 amide bonds. The molecule has 0 aliphatic heterocycles. The largest absolute Gasteiger partial charge is 0.447 e. The second-order valence-corrected chi connectivity index (χ2v) is 14.2. The average molecular weight is 685 g/mol. The van der Waals surface area contributed by atoms with Gasteiger partial charge in [0, 0.05) is 43.1 Å². The Morgan fingerprint density at radius 2 is 1.13 bits per heavy atom. The quantitative estimate of drug-likeness (QED) is 0.169. The predicted molar refractivity (Wildman–Crippen MR) is 224 cm³/mol. The van der Waals surface area contributed by atoms with Crippen LogP contribution < -0.4 is 0 Å². The van der Waals surface area contributed by atoms with Gasteiger partial charge in [-0.3, -0.25) is 8.80 Å². The van der Waals surface area contributed by atoms with Gasteiger partial charge in [0.05, 0.1) is 28.3 Å². The maximum atomic E-state index is 5.86. The lowest BCUT2D eigenvalue weighted by molar-refractivity contribution is 0.600. The second-order valence-electron chi connectivity index (χ2n) is 13.3. The van der Waals surface area contributed by atoms with Gasteiger partial charge in [-0.05, 0) is 68.4 Å². The molecule has 13 rings (SSSR count). The van der Waals surface area contributed by atoms with E-state index in [1.807, 2.05) is 25.2 Å². The lowest BCUT2D eigenvalue weighted by Crippen LogP contribution is -1.90. The molecule has 0 saturated heterocycles. The monoisotopic (exact) mass is 684 g/mol. The number of pyridine rings is 2. The zero-order valence-electron chi connectivity index (χ0n) is 28.7. The van der Waals surface area contributed by atoms with Crippen molar-refractivity contribution in [3.05, 3.63) is 157 Å². The molecule has 6 aromatic heterocycles. The van der Waals surface area contributed by atoms with Crippen molar-refractivity contribution in [2.24, 2.45) is 0 Å². The van der Waals surface area contributed by atoms with E-state index >= 15 is 0 Å². The smallest absolute Gasteiger partial charge is 0.212 e. The average Bonchev–Trinajstić information content (AvgIpc) is 4.02. The normalized spacial score (nSPS) is 12.0. The predicted octanol–water partition coefficient (Wildman–Crippen LogP) is 14.3. The molecule has 246 valence electrons. The zero-order chi connectivity index (χ0) is 34.5. The van der Waals surface area contributed by atoms with Gasteiger partial charge in [0.25, 0.3) is 0 Å². The molecule has 0 aliphatic rings. The molecule has 0 bridgehead atoms. The lowest BCUT2D eigenvalue weighted by Gasteiger charge is -2.13. The maximum absolute atomic E-state index is 5.86. The van der Waals surface area contributed by atoms with Gasteiger partial charge in [-0.25, -0.2) is 0 Å². The molecule has 6 heterocycles. The topological polar surface area (TPSA) is 22.0 Å². The van der Waals surface area contributed by atoms with E-state index in [0.717, 1.165) is 5.71 Å². The molecular weight excluding hydrogens is 653 g/mol. The summed E-state index contributed by atoms with van der Waals surface area (Å²) in [5.41, 5.74) is 8.62. The molecule has 7 aromatic carbocycles. The van der Waals surface area contributed by atoms with E-state index in [9.17, 15) is 0 Å². The number of furan rings is 1. The Kier molecular flexibility index (Phi) is 6.25. The van der Waals surface area contributed by atoms with E-state index in [4.69, 9.17) is 4.42 Å². The van der Waals surface area contributed by atoms with Crippen molar-refractivity contribution in [3.63, 3.8) is 0 Å². The first kappa shape index (κ1) is 29.4. The first-order chi connectivity index (χ1) is 25.8. The van der Waals surface area contributed by atoms with E-state index in [0.29, 0.717) is 0 Å². The summed E-state index contributed by atoms with van der Waals surface area (Å²) in [6.45, 7) is 4.00. The van der Waals surface area contributed by atoms with Gasteiger partial charge >= 0.3 is 0 Å². The summed E-state index contributed by atoms with van der Waals surface area (Å²) in [7, 11) is 0. The number of hydrogen-bond donors (Lipinski definition) is 0. The molecule has 0 aliphatic carbocycles. The van der Waals surface area contributed by atoms with Gasteiger partial charge in [0.2, 0.25) is 5.71 Å². The molecular formula is C48H32N2OS. The third-order valence-electron chi connectivity index (χ3n) is 10.8. The first-order valence-corrected chi connectivity index (χ1v) is 18.9. The molecule has 0 unspecified atom stereocenters. The van der Waals surface area contributed by atoms with E-state index in [1.54, 1.807) is 6.26 Å². The van der Waals surface area contributed by atoms with Crippen molar-refractivity contribution in [1.29, 1.82) is 0 Å². The van der Waals surface area contributed by atoms with Crippen LogP contribution in [-0.2, 0) is 0 Å². The highest BCUT2D eigenvalue weighted by molar-refractivity contribution is 7.17. The Labute approximate surface area is 302 Å². The molecule has 3 nitrogen and oxygen atoms in total. The number of thiophene rings is 1. The Hall–Kier alpha value is -6.36. The highest BCUT2D eigenvalue weighted by atomic mass is 32.1. The summed E-state index contributed by atoms with van der Waals surface area (Å²) >= 11 is 1.83. The fourth-order valence-electron chi connectivity index (χ4n) is 8.83. The van der Waals surface area contributed by atoms with Gasteiger partial charge < -0.3 is 4.42 Å². The minimum absolute atomic E-state index is 0.928. The van der Waals surface area contributed by atoms with Crippen molar-refractivity contribution >= 4 is 109 Å². The van der Waals surface area contributed by atoms with Crippen molar-refractivity contribution < 1.29 is 4.42 Å². The fourth-order valence-corrected chi connectivity index (χ4v) is 9.77. The van der Waals surface area contributed by atoms with Crippen LogP contribution in [0.3, 0.4) is 0 Å². The third-order valence-corrected chi connectivity index (χ3v) is 11.7. The van der Waals surface area contributed by atoms with Gasteiger partial charge in [-0.1, -0.05) is 129 Å². The fraction of sp³-hybridized carbons (Fsp3) is 0.0417. The molecule has 13 aromatic rings. The molecule has 0 atom stereocenters. The van der Waals surface area contributed by atoms with Crippen LogP contribution in [0.2, 0.25) is 0 Å². The number of para-hydroxylation sites is 2. The van der Waals surface area contributed by atoms with Crippen molar-refractivity contribution in [1.82, 2.24) is 8.80 Å². The Morgan fingerprint density at radius 1 is 0.462 bits per heavy atom. The number of aromatic nitrogens is 2. The van der Waals surface area contributed by atoms with Gasteiger partial charge in [-0.2, -0.15) is 0 Å². The molecule has 0 saturated carbocycles. The van der Waals surface area contributed by atoms with Crippen molar-refractivity contribution in [2.45, 2.75) is 13.8 Å². The van der Waals surface area contributed by atoms with Gasteiger partial charge in [0.1, 0.15) is 4.83 Å². The summed E-state index contributed by atoms with van der Waals surface area (Å²) in [6.07, 6.45) is 1.79. The number of hydrogen-bond acceptors (Lipinski definition) is 2. The Bertz CT molecular complexity index is 3430. The first-order valence-electron chi connectivity index (χ1n) is 18.0. The molecule has 0 radical (unpaired) electrons. The lowest BCUT2D eigenvalue weighted by atomic mass is 9.93. The highest BCUT2D eigenvalue weighted by Crippen LogP contribution is 2.46. The standard InChI is InChI=1S/C26H15NS.C20H11NO.C2H6/c1-2-7-16(8-3-1)21-15-17-9-6-11-18-19-13-14-28-26(19)27-22-12-5-4-10-20(22)24(21)25(27)23(17)18;1-2-7-17-13(5-1)15-9-8-12-4-3-6-14-16-10-11-22-20(16)21(17)19(15)18(12)14;1-2/h1-15H;1-11H;1-2H3. The van der Waals surface area contributed by atoms with Crippen LogP contribution in [0.5, 0.6) is 0 Å². The minimum atomic E-state index is 0.928. The summed E-state index contributed by atoms with van der Waals surface area (Å²) in [4.78, 5) is 1.33. The Morgan fingerprint density at radius 3 is 1.96 bits per heavy atom. The van der Waals surface area contributed by atoms with E-state index < -0.39 is 0 Å². The summed E-state index contributed by atoms with van der Waals surface area (Å²) < 4.78 is 10.6. The van der Waals surface area contributed by atoms with E-state index in [2.05, 4.69) is 160 Å². The van der Waals surface area contributed by atoms with Crippen LogP contribution >= 0.6 is 11.3 Å². The summed E-state index contributed by atoms with van der Waals surface area (Å²) in [5.74, 6) is 0. The highest BCUT2D eigenvalue weighted by Gasteiger charge is 2.22. The number of benzene rings is 7. The number of rotatable bonds is 1. The van der Waals surface area contributed by atoms with Crippen LogP contribution in [-0.4, -0.2) is 8.80 Å². The van der Waals surface area contributed by atoms with Crippen molar-refractivity contribution in [2.75, 3.05) is 0 Å².